The van der Waals surface area contributed by atoms with Crippen LogP contribution in [-0.2, 0) is 6.42 Å². The molecule has 11 heavy (non-hydrogen) atoms. The lowest BCUT2D eigenvalue weighted by molar-refractivity contribution is 0.602. The molecule has 0 radical (unpaired) electrons. The van der Waals surface area contributed by atoms with Gasteiger partial charge in [0.05, 0.1) is 5.69 Å². The maximum Gasteiger partial charge on any atom is 0.144 e. The van der Waals surface area contributed by atoms with Crippen LogP contribution < -0.4 is 0 Å². The molecule has 0 N–H and O–H groups in total. The second-order valence-corrected chi connectivity index (χ2v) is 1.79. The number of pyridine rings is 1. The van der Waals surface area contributed by atoms with Gasteiger partial charge in [-0.25, -0.2) is 4.39 Å². The van der Waals surface area contributed by atoms with Gasteiger partial charge in [-0.3, -0.25) is 4.98 Å². The van der Waals surface area contributed by atoms with Crippen LogP contribution in [0.15, 0.2) is 18.3 Å². The fraction of sp³-hybridized carbons (Fsp3) is 0.375. The van der Waals surface area contributed by atoms with E-state index in [4.69, 9.17) is 0 Å². The van der Waals surface area contributed by atoms with E-state index in [2.05, 4.69) is 16.6 Å². The molecule has 1 rings (SSSR count). The van der Waals surface area contributed by atoms with Crippen LogP contribution in [0.2, 0.25) is 0 Å². The fourth-order valence-electron chi connectivity index (χ4n) is 0.679. The van der Waals surface area contributed by atoms with Gasteiger partial charge in [-0.05, 0) is 18.6 Å². The van der Waals surface area contributed by atoms with E-state index in [9.17, 15) is 4.39 Å². The van der Waals surface area contributed by atoms with Crippen LogP contribution in [0.4, 0.5) is 4.39 Å². The first-order valence-electron chi connectivity index (χ1n) is 3.31. The SMILES string of the molecule is CCc1ncccc1F.CCl. The largest absolute Gasteiger partial charge is 0.258 e. The topological polar surface area (TPSA) is 12.9 Å². The van der Waals surface area contributed by atoms with Gasteiger partial charge >= 0.3 is 0 Å². The Kier molecular flexibility index (Phi) is 5.75. The van der Waals surface area contributed by atoms with E-state index in [1.165, 1.54) is 12.4 Å². The van der Waals surface area contributed by atoms with Crippen LogP contribution in [0.3, 0.4) is 0 Å². The van der Waals surface area contributed by atoms with E-state index in [0.29, 0.717) is 12.1 Å². The summed E-state index contributed by atoms with van der Waals surface area (Å²) >= 11 is 4.64. The Bertz CT molecular complexity index is 203. The van der Waals surface area contributed by atoms with Crippen LogP contribution in [0.25, 0.3) is 0 Å². The molecule has 1 nitrogen and oxygen atoms in total. The maximum atomic E-state index is 12.5. The van der Waals surface area contributed by atoms with Crippen molar-refractivity contribution in [1.82, 2.24) is 4.98 Å². The number of rotatable bonds is 1. The molecular weight excluding hydrogens is 165 g/mol. The summed E-state index contributed by atoms with van der Waals surface area (Å²) in [7, 11) is 0. The molecule has 0 unspecified atom stereocenters. The first kappa shape index (κ1) is 10.4. The van der Waals surface area contributed by atoms with Crippen LogP contribution in [-0.4, -0.2) is 11.4 Å². The molecule has 1 heterocycles. The van der Waals surface area contributed by atoms with E-state index in [0.717, 1.165) is 0 Å². The highest BCUT2D eigenvalue weighted by atomic mass is 35.5. The second kappa shape index (κ2) is 6.10. The number of hydrogen-bond acceptors (Lipinski definition) is 1. The number of aryl methyl sites for hydroxylation is 1. The van der Waals surface area contributed by atoms with Gasteiger partial charge < -0.3 is 0 Å². The minimum Gasteiger partial charge on any atom is -0.258 e. The van der Waals surface area contributed by atoms with Crippen molar-refractivity contribution < 1.29 is 4.39 Å². The Morgan fingerprint density at radius 2 is 2.18 bits per heavy atom. The molecular formula is C8H11ClFN. The van der Waals surface area contributed by atoms with Crippen molar-refractivity contribution in [3.05, 3.63) is 29.8 Å². The van der Waals surface area contributed by atoms with Gasteiger partial charge in [-0.15, -0.1) is 11.6 Å². The molecule has 0 aromatic carbocycles. The monoisotopic (exact) mass is 175 g/mol. The van der Waals surface area contributed by atoms with Crippen molar-refractivity contribution in [2.24, 2.45) is 0 Å². The molecule has 3 heteroatoms. The summed E-state index contributed by atoms with van der Waals surface area (Å²) in [6, 6.07) is 3.01. The van der Waals surface area contributed by atoms with Gasteiger partial charge in [-0.1, -0.05) is 6.92 Å². The van der Waals surface area contributed by atoms with Gasteiger partial charge in [0.25, 0.3) is 0 Å². The summed E-state index contributed by atoms with van der Waals surface area (Å²) in [5.41, 5.74) is 0.539. The summed E-state index contributed by atoms with van der Waals surface area (Å²) in [4.78, 5) is 3.82. The quantitative estimate of drug-likeness (QED) is 0.598. The average molecular weight is 176 g/mol. The number of hydrogen-bond donors (Lipinski definition) is 0. The molecule has 0 aliphatic heterocycles. The Balaban J connectivity index is 0.000000461. The fourth-order valence-corrected chi connectivity index (χ4v) is 0.679. The van der Waals surface area contributed by atoms with Gasteiger partial charge in [0.15, 0.2) is 0 Å². The lowest BCUT2D eigenvalue weighted by Crippen LogP contribution is -1.89. The molecule has 1 aromatic heterocycles. The van der Waals surface area contributed by atoms with Crippen molar-refractivity contribution in [1.29, 1.82) is 0 Å². The summed E-state index contributed by atoms with van der Waals surface area (Å²) in [6.45, 7) is 1.88. The number of halogens is 2. The number of nitrogens with zero attached hydrogens (tertiary/aromatic N) is 1. The van der Waals surface area contributed by atoms with E-state index in [1.54, 1.807) is 12.3 Å². The summed E-state index contributed by atoms with van der Waals surface area (Å²) in [6.07, 6.45) is 3.73. The predicted octanol–water partition coefficient (Wildman–Crippen LogP) is 2.64. The van der Waals surface area contributed by atoms with Gasteiger partial charge in [-0.2, -0.15) is 0 Å². The predicted molar refractivity (Wildman–Crippen MR) is 45.4 cm³/mol. The number of alkyl halides is 1. The Morgan fingerprint density at radius 3 is 2.55 bits per heavy atom. The van der Waals surface area contributed by atoms with Gasteiger partial charge in [0.2, 0.25) is 0 Å². The standard InChI is InChI=1S/C7H8FN.CH3Cl/c1-2-7-6(8)4-3-5-9-7;1-2/h3-5H,2H2,1H3;1H3. The average Bonchev–Trinajstić information content (AvgIpc) is 2.09. The molecule has 0 fully saturated rings. The van der Waals surface area contributed by atoms with Crippen molar-refractivity contribution in [2.75, 3.05) is 6.38 Å². The summed E-state index contributed by atoms with van der Waals surface area (Å²) in [5.74, 6) is -0.208. The maximum absolute atomic E-state index is 12.5. The van der Waals surface area contributed by atoms with Crippen molar-refractivity contribution >= 4 is 11.6 Å². The molecule has 1 aromatic rings. The molecule has 0 aliphatic rings. The van der Waals surface area contributed by atoms with Crippen LogP contribution >= 0.6 is 11.6 Å². The van der Waals surface area contributed by atoms with Gasteiger partial charge in [0, 0.05) is 12.6 Å². The van der Waals surface area contributed by atoms with E-state index in [-0.39, 0.29) is 5.82 Å². The van der Waals surface area contributed by atoms with Gasteiger partial charge in [0.1, 0.15) is 5.82 Å². The minimum atomic E-state index is -0.208. The zero-order valence-corrected chi connectivity index (χ0v) is 7.40. The normalized spacial score (nSPS) is 8.36. The lowest BCUT2D eigenvalue weighted by atomic mass is 10.3. The molecule has 0 amide bonds. The lowest BCUT2D eigenvalue weighted by Gasteiger charge is -1.93. The highest BCUT2D eigenvalue weighted by Crippen LogP contribution is 2.01. The van der Waals surface area contributed by atoms with Crippen LogP contribution in [0, 0.1) is 5.82 Å². The summed E-state index contributed by atoms with van der Waals surface area (Å²) < 4.78 is 12.5. The third kappa shape index (κ3) is 3.33. The summed E-state index contributed by atoms with van der Waals surface area (Å²) in [5, 5.41) is 0. The zero-order valence-electron chi connectivity index (χ0n) is 6.64. The van der Waals surface area contributed by atoms with E-state index < -0.39 is 0 Å². The number of aromatic nitrogens is 1. The third-order valence-corrected chi connectivity index (χ3v) is 1.17. The van der Waals surface area contributed by atoms with Crippen molar-refractivity contribution in [3.63, 3.8) is 0 Å². The van der Waals surface area contributed by atoms with Crippen LogP contribution in [0.1, 0.15) is 12.6 Å². The molecule has 0 atom stereocenters. The second-order valence-electron chi connectivity index (χ2n) is 1.79. The first-order valence-corrected chi connectivity index (χ1v) is 4.07. The smallest absolute Gasteiger partial charge is 0.144 e. The molecule has 0 aliphatic carbocycles. The highest BCUT2D eigenvalue weighted by molar-refractivity contribution is 6.15. The van der Waals surface area contributed by atoms with Crippen LogP contribution in [0.5, 0.6) is 0 Å². The molecule has 0 saturated heterocycles. The van der Waals surface area contributed by atoms with E-state index >= 15 is 0 Å². The van der Waals surface area contributed by atoms with Crippen molar-refractivity contribution in [2.45, 2.75) is 13.3 Å². The van der Waals surface area contributed by atoms with E-state index in [1.807, 2.05) is 6.92 Å². The zero-order chi connectivity index (χ0) is 8.69. The minimum absolute atomic E-state index is 0.208. The third-order valence-electron chi connectivity index (χ3n) is 1.17. The van der Waals surface area contributed by atoms with Crippen molar-refractivity contribution in [3.8, 4) is 0 Å². The Labute approximate surface area is 71.2 Å². The molecule has 62 valence electrons. The Hall–Kier alpha value is -0.630. The highest BCUT2D eigenvalue weighted by Gasteiger charge is 1.95. The molecule has 0 spiro atoms. The molecule has 0 bridgehead atoms. The Morgan fingerprint density at radius 1 is 1.55 bits per heavy atom. The molecule has 0 saturated carbocycles. The first-order chi connectivity index (χ1) is 5.34.